The quantitative estimate of drug-likeness (QED) is 0.816. The fourth-order valence-corrected chi connectivity index (χ4v) is 2.64. The lowest BCUT2D eigenvalue weighted by Gasteiger charge is -2.35. The normalized spacial score (nSPS) is 17.3. The van der Waals surface area contributed by atoms with Gasteiger partial charge in [0.05, 0.1) is 0 Å². The average Bonchev–Trinajstić information content (AvgIpc) is 2.47. The van der Waals surface area contributed by atoms with E-state index < -0.39 is 23.5 Å². The van der Waals surface area contributed by atoms with Crippen LogP contribution in [0.4, 0.5) is 13.2 Å². The van der Waals surface area contributed by atoms with Crippen molar-refractivity contribution in [1.82, 2.24) is 10.2 Å². The molecule has 1 saturated heterocycles. The molecule has 0 radical (unpaired) electrons. The van der Waals surface area contributed by atoms with Gasteiger partial charge in [-0.05, 0) is 25.0 Å². The van der Waals surface area contributed by atoms with E-state index in [-0.39, 0.29) is 24.6 Å². The molecular weight excluding hydrogens is 305 g/mol. The number of halogens is 4. The fourth-order valence-electron chi connectivity index (χ4n) is 2.64. The Morgan fingerprint density at radius 3 is 2.38 bits per heavy atom. The summed E-state index contributed by atoms with van der Waals surface area (Å²) in [5, 5.41) is 12.1. The SMILES string of the molecule is Cl.OCCC[C@H](c1c(F)ccc(F)c1F)N1CCNCC1. The number of hydrogen-bond acceptors (Lipinski definition) is 3. The molecule has 1 aliphatic rings. The smallest absolute Gasteiger partial charge is 0.166 e. The first-order valence-corrected chi connectivity index (χ1v) is 6.84. The lowest BCUT2D eigenvalue weighted by Crippen LogP contribution is -2.45. The van der Waals surface area contributed by atoms with Gasteiger partial charge in [-0.1, -0.05) is 0 Å². The van der Waals surface area contributed by atoms with Crippen molar-refractivity contribution in [3.63, 3.8) is 0 Å². The minimum absolute atomic E-state index is 0. The van der Waals surface area contributed by atoms with Crippen LogP contribution in [0.3, 0.4) is 0 Å². The summed E-state index contributed by atoms with van der Waals surface area (Å²) in [6.45, 7) is 2.69. The third-order valence-electron chi connectivity index (χ3n) is 3.64. The monoisotopic (exact) mass is 324 g/mol. The van der Waals surface area contributed by atoms with Crippen LogP contribution in [0.25, 0.3) is 0 Å². The fraction of sp³-hybridized carbons (Fsp3) is 0.571. The largest absolute Gasteiger partial charge is 0.396 e. The highest BCUT2D eigenvalue weighted by molar-refractivity contribution is 5.85. The predicted molar refractivity (Wildman–Crippen MR) is 77.1 cm³/mol. The van der Waals surface area contributed by atoms with Crippen LogP contribution in [0.15, 0.2) is 12.1 Å². The first-order valence-electron chi connectivity index (χ1n) is 6.84. The van der Waals surface area contributed by atoms with E-state index in [1.165, 1.54) is 0 Å². The number of rotatable bonds is 5. The number of nitrogens with zero attached hydrogens (tertiary/aromatic N) is 1. The van der Waals surface area contributed by atoms with Crippen LogP contribution in [0.1, 0.15) is 24.4 Å². The Morgan fingerprint density at radius 2 is 1.76 bits per heavy atom. The van der Waals surface area contributed by atoms with Crippen molar-refractivity contribution in [1.29, 1.82) is 0 Å². The molecule has 1 atom stereocenters. The van der Waals surface area contributed by atoms with Gasteiger partial charge >= 0.3 is 0 Å². The molecule has 1 aromatic rings. The van der Waals surface area contributed by atoms with Crippen molar-refractivity contribution < 1.29 is 18.3 Å². The van der Waals surface area contributed by atoms with Gasteiger partial charge in [0.1, 0.15) is 5.82 Å². The first-order chi connectivity index (χ1) is 9.65. The second kappa shape index (κ2) is 8.58. The highest BCUT2D eigenvalue weighted by Gasteiger charge is 2.28. The summed E-state index contributed by atoms with van der Waals surface area (Å²) in [5.41, 5.74) is -0.222. The summed E-state index contributed by atoms with van der Waals surface area (Å²) in [7, 11) is 0. The van der Waals surface area contributed by atoms with Gasteiger partial charge in [0.25, 0.3) is 0 Å². The Kier molecular flexibility index (Phi) is 7.45. The molecule has 0 spiro atoms. The third-order valence-corrected chi connectivity index (χ3v) is 3.64. The molecule has 0 amide bonds. The molecule has 2 N–H and O–H groups in total. The van der Waals surface area contributed by atoms with E-state index in [0.717, 1.165) is 25.2 Å². The molecule has 0 aliphatic carbocycles. The van der Waals surface area contributed by atoms with Crippen LogP contribution in [0, 0.1) is 17.5 Å². The zero-order valence-corrected chi connectivity index (χ0v) is 12.4. The second-order valence-electron chi connectivity index (χ2n) is 4.92. The van der Waals surface area contributed by atoms with Crippen molar-refractivity contribution in [2.75, 3.05) is 32.8 Å². The lowest BCUT2D eigenvalue weighted by molar-refractivity contribution is 0.147. The van der Waals surface area contributed by atoms with Gasteiger partial charge in [0, 0.05) is 44.4 Å². The number of nitrogens with one attached hydrogen (secondary N) is 1. The maximum absolute atomic E-state index is 14.0. The van der Waals surface area contributed by atoms with Crippen LogP contribution in [0.2, 0.25) is 0 Å². The minimum Gasteiger partial charge on any atom is -0.396 e. The highest BCUT2D eigenvalue weighted by Crippen LogP contribution is 2.31. The van der Waals surface area contributed by atoms with Crippen molar-refractivity contribution in [2.45, 2.75) is 18.9 Å². The van der Waals surface area contributed by atoms with Crippen molar-refractivity contribution in [2.24, 2.45) is 0 Å². The molecule has 120 valence electrons. The Bertz CT molecular complexity index is 456. The molecule has 0 saturated carbocycles. The average molecular weight is 325 g/mol. The molecule has 0 aromatic heterocycles. The Labute approximate surface area is 128 Å². The molecular formula is C14H20ClF3N2O. The number of piperazine rings is 1. The van der Waals surface area contributed by atoms with Crippen LogP contribution < -0.4 is 5.32 Å². The predicted octanol–water partition coefficient (Wildman–Crippen LogP) is 2.24. The summed E-state index contributed by atoms with van der Waals surface area (Å²) in [4.78, 5) is 1.94. The number of benzene rings is 1. The van der Waals surface area contributed by atoms with E-state index in [4.69, 9.17) is 5.11 Å². The van der Waals surface area contributed by atoms with Crippen molar-refractivity contribution >= 4 is 12.4 Å². The molecule has 7 heteroatoms. The molecule has 3 nitrogen and oxygen atoms in total. The zero-order chi connectivity index (χ0) is 14.5. The minimum atomic E-state index is -1.12. The van der Waals surface area contributed by atoms with E-state index in [0.29, 0.717) is 25.9 Å². The van der Waals surface area contributed by atoms with Crippen LogP contribution in [-0.2, 0) is 0 Å². The van der Waals surface area contributed by atoms with Gasteiger partial charge in [-0.3, -0.25) is 4.90 Å². The van der Waals surface area contributed by atoms with E-state index >= 15 is 0 Å². The molecule has 21 heavy (non-hydrogen) atoms. The second-order valence-corrected chi connectivity index (χ2v) is 4.92. The molecule has 2 rings (SSSR count). The summed E-state index contributed by atoms with van der Waals surface area (Å²) < 4.78 is 41.3. The summed E-state index contributed by atoms with van der Waals surface area (Å²) in [6.07, 6.45) is 0.817. The van der Waals surface area contributed by atoms with E-state index in [2.05, 4.69) is 5.32 Å². The Balaban J connectivity index is 0.00000220. The molecule has 1 aliphatic heterocycles. The molecule has 1 fully saturated rings. The number of aliphatic hydroxyl groups excluding tert-OH is 1. The highest BCUT2D eigenvalue weighted by atomic mass is 35.5. The van der Waals surface area contributed by atoms with Gasteiger partial charge in [-0.2, -0.15) is 0 Å². The summed E-state index contributed by atoms with van der Waals surface area (Å²) in [5.74, 6) is -2.89. The third kappa shape index (κ3) is 4.32. The summed E-state index contributed by atoms with van der Waals surface area (Å²) >= 11 is 0. The molecule has 1 aromatic carbocycles. The van der Waals surface area contributed by atoms with Gasteiger partial charge in [0.2, 0.25) is 0 Å². The Morgan fingerprint density at radius 1 is 1.14 bits per heavy atom. The van der Waals surface area contributed by atoms with E-state index in [1.807, 2.05) is 4.90 Å². The first kappa shape index (κ1) is 18.2. The van der Waals surface area contributed by atoms with Crippen molar-refractivity contribution in [3.8, 4) is 0 Å². The maximum atomic E-state index is 14.0. The molecule has 0 bridgehead atoms. The molecule has 0 unspecified atom stereocenters. The topological polar surface area (TPSA) is 35.5 Å². The maximum Gasteiger partial charge on any atom is 0.166 e. The van der Waals surface area contributed by atoms with Gasteiger partial charge < -0.3 is 10.4 Å². The number of aliphatic hydroxyl groups is 1. The van der Waals surface area contributed by atoms with Crippen molar-refractivity contribution in [3.05, 3.63) is 35.1 Å². The van der Waals surface area contributed by atoms with Crippen LogP contribution in [-0.4, -0.2) is 42.8 Å². The zero-order valence-electron chi connectivity index (χ0n) is 11.6. The molecule has 1 heterocycles. The van der Waals surface area contributed by atoms with Crippen LogP contribution >= 0.6 is 12.4 Å². The van der Waals surface area contributed by atoms with E-state index in [1.54, 1.807) is 0 Å². The number of hydrogen-bond donors (Lipinski definition) is 2. The van der Waals surface area contributed by atoms with Gasteiger partial charge in [0.15, 0.2) is 11.6 Å². The standard InChI is InChI=1S/C14H19F3N2O.ClH/c15-10-3-4-11(16)14(17)13(10)12(2-1-9-20)19-7-5-18-6-8-19;/h3-4,12,18,20H,1-2,5-9H2;1H/t12-;/m1./s1. The Hall–Kier alpha value is -0.820. The van der Waals surface area contributed by atoms with Crippen LogP contribution in [0.5, 0.6) is 0 Å². The van der Waals surface area contributed by atoms with E-state index in [9.17, 15) is 13.2 Å². The lowest BCUT2D eigenvalue weighted by atomic mass is 9.98. The van der Waals surface area contributed by atoms with Gasteiger partial charge in [-0.15, -0.1) is 12.4 Å². The summed E-state index contributed by atoms with van der Waals surface area (Å²) in [6, 6.07) is 1.22. The van der Waals surface area contributed by atoms with Gasteiger partial charge in [-0.25, -0.2) is 13.2 Å².